The van der Waals surface area contributed by atoms with Gasteiger partial charge in [0.2, 0.25) is 0 Å². The second-order valence-corrected chi connectivity index (χ2v) is 9.85. The monoisotopic (exact) mass is 436 g/mol. The number of halogens is 1. The molecule has 8 heteroatoms. The van der Waals surface area contributed by atoms with E-state index in [-0.39, 0.29) is 5.83 Å². The number of hydrogen-bond donors (Lipinski definition) is 3. The number of H-pyrrole nitrogens is 1. The average molecular weight is 437 g/mol. The van der Waals surface area contributed by atoms with Gasteiger partial charge in [0.15, 0.2) is 17.6 Å². The molecule has 31 heavy (non-hydrogen) atoms. The standard InChI is InChI=1S/C23H25FN6S/c1-12-10-25-19-15(11-26-23(19)27-12)21-29-20(17-3-2-8-31-17)18(24)22(30-21)28-16-9-13-4-6-14(16)7-5-13/h2-3,8,10-11,13-14,16,22,28H,4-7,9H2,1H3,(H,26,27)(H,29,30). The minimum absolute atomic E-state index is 0.241. The molecular weight excluding hydrogens is 411 g/mol. The van der Waals surface area contributed by atoms with Crippen LogP contribution in [0.15, 0.2) is 40.7 Å². The number of rotatable bonds is 4. The van der Waals surface area contributed by atoms with E-state index < -0.39 is 6.17 Å². The third kappa shape index (κ3) is 3.38. The van der Waals surface area contributed by atoms with E-state index in [2.05, 4.69) is 25.6 Å². The Labute approximate surface area is 184 Å². The SMILES string of the molecule is Cc1cnc2c(C3=NC(NC4CC5CCC4CC5)C(F)=C(c4cccs4)N3)c[nH]c2n1. The topological polar surface area (TPSA) is 78.0 Å². The highest BCUT2D eigenvalue weighted by Gasteiger charge is 2.38. The lowest BCUT2D eigenvalue weighted by atomic mass is 9.68. The lowest BCUT2D eigenvalue weighted by molar-refractivity contribution is 0.117. The van der Waals surface area contributed by atoms with E-state index in [1.54, 1.807) is 6.20 Å². The molecule has 160 valence electrons. The summed E-state index contributed by atoms with van der Waals surface area (Å²) in [5, 5.41) is 8.79. The Morgan fingerprint density at radius 2 is 2.10 bits per heavy atom. The zero-order valence-electron chi connectivity index (χ0n) is 17.4. The van der Waals surface area contributed by atoms with Crippen molar-refractivity contribution in [2.75, 3.05) is 0 Å². The molecule has 1 aliphatic heterocycles. The molecular formula is C23H25FN6S. The Morgan fingerprint density at radius 3 is 2.84 bits per heavy atom. The summed E-state index contributed by atoms with van der Waals surface area (Å²) in [6, 6.07) is 4.20. The van der Waals surface area contributed by atoms with Crippen molar-refractivity contribution in [3.63, 3.8) is 0 Å². The van der Waals surface area contributed by atoms with Gasteiger partial charge in [-0.3, -0.25) is 10.3 Å². The zero-order chi connectivity index (χ0) is 20.9. The molecule has 3 aromatic rings. The predicted molar refractivity (Wildman–Crippen MR) is 121 cm³/mol. The summed E-state index contributed by atoms with van der Waals surface area (Å²) in [5.74, 6) is 1.77. The minimum Gasteiger partial charge on any atom is -0.344 e. The number of aromatic amines is 1. The lowest BCUT2D eigenvalue weighted by Crippen LogP contribution is -2.50. The van der Waals surface area contributed by atoms with Crippen molar-refractivity contribution in [1.82, 2.24) is 25.6 Å². The molecule has 7 rings (SSSR count). The van der Waals surface area contributed by atoms with Crippen molar-refractivity contribution >= 4 is 34.0 Å². The van der Waals surface area contributed by atoms with Crippen LogP contribution in [0, 0.1) is 18.8 Å². The van der Waals surface area contributed by atoms with E-state index in [0.717, 1.165) is 34.0 Å². The van der Waals surface area contributed by atoms with Gasteiger partial charge in [0, 0.05) is 18.4 Å². The van der Waals surface area contributed by atoms with Crippen molar-refractivity contribution in [3.05, 3.63) is 51.9 Å². The van der Waals surface area contributed by atoms with Crippen molar-refractivity contribution < 1.29 is 4.39 Å². The summed E-state index contributed by atoms with van der Waals surface area (Å²) < 4.78 is 15.7. The quantitative estimate of drug-likeness (QED) is 0.562. The molecule has 0 aromatic carbocycles. The van der Waals surface area contributed by atoms with Gasteiger partial charge in [0.05, 0.1) is 21.8 Å². The van der Waals surface area contributed by atoms with Gasteiger partial charge in [-0.15, -0.1) is 11.3 Å². The summed E-state index contributed by atoms with van der Waals surface area (Å²) in [4.78, 5) is 17.9. The number of aryl methyl sites for hydroxylation is 1. The van der Waals surface area contributed by atoms with E-state index in [1.807, 2.05) is 30.6 Å². The first-order valence-electron chi connectivity index (χ1n) is 11.0. The van der Waals surface area contributed by atoms with Crippen LogP contribution in [-0.4, -0.2) is 33.0 Å². The van der Waals surface area contributed by atoms with Crippen molar-refractivity contribution in [2.24, 2.45) is 16.8 Å². The summed E-state index contributed by atoms with van der Waals surface area (Å²) >= 11 is 1.52. The van der Waals surface area contributed by atoms with Gasteiger partial charge >= 0.3 is 0 Å². The molecule has 0 saturated heterocycles. The van der Waals surface area contributed by atoms with Crippen LogP contribution in [0.25, 0.3) is 16.9 Å². The maximum atomic E-state index is 15.7. The summed E-state index contributed by atoms with van der Waals surface area (Å²) in [6.07, 6.45) is 9.14. The maximum Gasteiger partial charge on any atom is 0.164 e. The Kier molecular flexibility index (Phi) is 4.65. The molecule has 0 spiro atoms. The van der Waals surface area contributed by atoms with Gasteiger partial charge in [-0.25, -0.2) is 14.4 Å². The zero-order valence-corrected chi connectivity index (χ0v) is 18.2. The average Bonchev–Trinajstić information content (AvgIpc) is 3.46. The fourth-order valence-corrected chi connectivity index (χ4v) is 6.06. The van der Waals surface area contributed by atoms with Crippen LogP contribution in [0.1, 0.15) is 48.2 Å². The van der Waals surface area contributed by atoms with Gasteiger partial charge < -0.3 is 10.3 Å². The number of aliphatic imine (C=N–C) groups is 1. The van der Waals surface area contributed by atoms with Crippen LogP contribution >= 0.6 is 11.3 Å². The second-order valence-electron chi connectivity index (χ2n) is 8.91. The minimum atomic E-state index is -0.693. The molecule has 2 atom stereocenters. The highest BCUT2D eigenvalue weighted by molar-refractivity contribution is 7.11. The molecule has 2 unspecified atom stereocenters. The van der Waals surface area contributed by atoms with Crippen molar-refractivity contribution in [1.29, 1.82) is 0 Å². The van der Waals surface area contributed by atoms with Crippen LogP contribution in [0.3, 0.4) is 0 Å². The number of amidine groups is 1. The highest BCUT2D eigenvalue weighted by Crippen LogP contribution is 2.42. The third-order valence-electron chi connectivity index (χ3n) is 6.92. The number of hydrogen-bond acceptors (Lipinski definition) is 6. The molecule has 3 saturated carbocycles. The molecule has 3 aliphatic carbocycles. The number of fused-ring (bicyclic) bond motifs is 4. The normalized spacial score (nSPS) is 28.1. The van der Waals surface area contributed by atoms with Crippen LogP contribution in [0.2, 0.25) is 0 Å². The predicted octanol–water partition coefficient (Wildman–Crippen LogP) is 4.51. The van der Waals surface area contributed by atoms with Crippen molar-refractivity contribution in [3.8, 4) is 0 Å². The molecule has 4 heterocycles. The van der Waals surface area contributed by atoms with E-state index in [0.29, 0.717) is 29.1 Å². The number of nitrogens with one attached hydrogen (secondary N) is 3. The lowest BCUT2D eigenvalue weighted by Gasteiger charge is -2.44. The number of aromatic nitrogens is 3. The van der Waals surface area contributed by atoms with Crippen LogP contribution in [-0.2, 0) is 0 Å². The van der Waals surface area contributed by atoms with Gasteiger partial charge in [0.1, 0.15) is 11.4 Å². The first-order valence-corrected chi connectivity index (χ1v) is 11.9. The fourth-order valence-electron chi connectivity index (χ4n) is 5.33. The Bertz CT molecular complexity index is 1170. The number of nitrogens with zero attached hydrogens (tertiary/aromatic N) is 3. The van der Waals surface area contributed by atoms with Crippen LogP contribution in [0.4, 0.5) is 4.39 Å². The smallest absolute Gasteiger partial charge is 0.164 e. The van der Waals surface area contributed by atoms with Gasteiger partial charge in [-0.05, 0) is 49.5 Å². The largest absolute Gasteiger partial charge is 0.344 e. The molecule has 0 amide bonds. The van der Waals surface area contributed by atoms with Gasteiger partial charge in [-0.1, -0.05) is 18.9 Å². The molecule has 2 bridgehead atoms. The van der Waals surface area contributed by atoms with E-state index in [9.17, 15) is 0 Å². The van der Waals surface area contributed by atoms with E-state index in [4.69, 9.17) is 4.99 Å². The fraction of sp³-hybridized carbons (Fsp3) is 0.435. The summed E-state index contributed by atoms with van der Waals surface area (Å²) in [6.45, 7) is 1.91. The van der Waals surface area contributed by atoms with Crippen molar-refractivity contribution in [2.45, 2.75) is 51.2 Å². The number of thiophene rings is 1. The molecule has 3 fully saturated rings. The van der Waals surface area contributed by atoms with Gasteiger partial charge in [0.25, 0.3) is 0 Å². The Balaban J connectivity index is 1.39. The van der Waals surface area contributed by atoms with Crippen LogP contribution in [0.5, 0.6) is 0 Å². The van der Waals surface area contributed by atoms with E-state index in [1.165, 1.54) is 37.0 Å². The van der Waals surface area contributed by atoms with E-state index >= 15 is 4.39 Å². The summed E-state index contributed by atoms with van der Waals surface area (Å²) in [7, 11) is 0. The first-order chi connectivity index (χ1) is 15.2. The molecule has 6 nitrogen and oxygen atoms in total. The second kappa shape index (κ2) is 7.53. The maximum absolute atomic E-state index is 15.7. The van der Waals surface area contributed by atoms with Crippen LogP contribution < -0.4 is 10.6 Å². The highest BCUT2D eigenvalue weighted by atomic mass is 32.1. The third-order valence-corrected chi connectivity index (χ3v) is 7.81. The summed E-state index contributed by atoms with van der Waals surface area (Å²) in [5.41, 5.74) is 3.59. The first kappa shape index (κ1) is 19.1. The molecule has 4 aliphatic rings. The molecule has 0 radical (unpaired) electrons. The molecule has 3 N–H and O–H groups in total. The Morgan fingerprint density at radius 1 is 1.23 bits per heavy atom. The van der Waals surface area contributed by atoms with Gasteiger partial charge in [-0.2, -0.15) is 0 Å². The molecule has 3 aromatic heterocycles. The Hall–Kier alpha value is -2.58.